The fourth-order valence-electron chi connectivity index (χ4n) is 4.19. The van der Waals surface area contributed by atoms with Crippen molar-refractivity contribution in [2.45, 2.75) is 38.0 Å². The molecule has 1 saturated carbocycles. The maximum atomic E-state index is 12.8. The smallest absolute Gasteiger partial charge is 0.410 e. The molecule has 0 radical (unpaired) electrons. The Labute approximate surface area is 178 Å². The highest BCUT2D eigenvalue weighted by Gasteiger charge is 2.42. The third-order valence-electron chi connectivity index (χ3n) is 5.67. The molecule has 2 saturated heterocycles. The van der Waals surface area contributed by atoms with Gasteiger partial charge < -0.3 is 29.8 Å². The number of aromatic amines is 1. The number of hydrogen-bond acceptors (Lipinski definition) is 7. The number of nitrogens with one attached hydrogen (secondary N) is 2. The summed E-state index contributed by atoms with van der Waals surface area (Å²) in [6.07, 6.45) is 4.88. The molecule has 3 atom stereocenters. The summed E-state index contributed by atoms with van der Waals surface area (Å²) in [5, 5.41) is 9.80. The summed E-state index contributed by atoms with van der Waals surface area (Å²) in [6, 6.07) is -0.145. The summed E-state index contributed by atoms with van der Waals surface area (Å²) in [5.74, 6) is 0.382. The van der Waals surface area contributed by atoms with Gasteiger partial charge >= 0.3 is 6.09 Å². The van der Waals surface area contributed by atoms with E-state index in [1.165, 1.54) is 4.90 Å². The number of ether oxygens (including phenoxy) is 2. The van der Waals surface area contributed by atoms with E-state index in [1.54, 1.807) is 17.3 Å². The second-order valence-corrected chi connectivity index (χ2v) is 7.47. The van der Waals surface area contributed by atoms with Gasteiger partial charge in [0.15, 0.2) is 0 Å². The summed E-state index contributed by atoms with van der Waals surface area (Å²) >= 11 is 0. The van der Waals surface area contributed by atoms with Crippen molar-refractivity contribution in [2.75, 3.05) is 32.8 Å². The number of hydrogen-bond donors (Lipinski definition) is 3. The number of carbonyl (C=O) groups is 4. The topological polar surface area (TPSA) is 154 Å². The molecule has 0 unspecified atom stereocenters. The van der Waals surface area contributed by atoms with Gasteiger partial charge in [-0.25, -0.2) is 9.78 Å². The van der Waals surface area contributed by atoms with Gasteiger partial charge in [0.25, 0.3) is 6.47 Å². The number of H-pyrrole nitrogens is 1. The van der Waals surface area contributed by atoms with Crippen molar-refractivity contribution in [3.05, 3.63) is 18.2 Å². The average Bonchev–Trinajstić information content (AvgIpc) is 3.44. The molecule has 31 heavy (non-hydrogen) atoms. The summed E-state index contributed by atoms with van der Waals surface area (Å²) < 4.78 is 10.8. The first-order valence-corrected chi connectivity index (χ1v) is 10.2. The van der Waals surface area contributed by atoms with Gasteiger partial charge in [-0.05, 0) is 19.3 Å². The van der Waals surface area contributed by atoms with E-state index < -0.39 is 6.09 Å². The predicted molar refractivity (Wildman–Crippen MR) is 105 cm³/mol. The van der Waals surface area contributed by atoms with Gasteiger partial charge in [0.05, 0.1) is 31.8 Å². The second kappa shape index (κ2) is 10.8. The lowest BCUT2D eigenvalue weighted by molar-refractivity contribution is -0.154. The molecule has 0 spiro atoms. The third-order valence-corrected chi connectivity index (χ3v) is 5.67. The number of imidazole rings is 1. The maximum absolute atomic E-state index is 12.8. The fraction of sp³-hybridized carbons (Fsp3) is 0.632. The summed E-state index contributed by atoms with van der Waals surface area (Å²) in [5.41, 5.74) is 0. The monoisotopic (exact) mass is 437 g/mol. The Morgan fingerprint density at radius 3 is 2.81 bits per heavy atom. The molecule has 3 N–H and O–H groups in total. The zero-order valence-electron chi connectivity index (χ0n) is 17.1. The van der Waals surface area contributed by atoms with Crippen LogP contribution < -0.4 is 5.32 Å². The van der Waals surface area contributed by atoms with Crippen LogP contribution in [0.4, 0.5) is 4.79 Å². The minimum atomic E-state index is -0.447. The normalized spacial score (nSPS) is 25.0. The first-order valence-electron chi connectivity index (χ1n) is 10.2. The second-order valence-electron chi connectivity index (χ2n) is 7.47. The number of morpholine rings is 1. The Balaban J connectivity index is 0.000000858. The molecule has 3 fully saturated rings. The van der Waals surface area contributed by atoms with Crippen molar-refractivity contribution < 1.29 is 33.8 Å². The van der Waals surface area contributed by atoms with Crippen LogP contribution in [0.1, 0.15) is 25.1 Å². The van der Waals surface area contributed by atoms with Crippen LogP contribution in [0.15, 0.2) is 12.4 Å². The third kappa shape index (κ3) is 5.72. The molecule has 3 aliphatic rings. The van der Waals surface area contributed by atoms with Crippen LogP contribution in [0.25, 0.3) is 0 Å². The van der Waals surface area contributed by atoms with Crippen LogP contribution >= 0.6 is 0 Å². The average molecular weight is 437 g/mol. The quantitative estimate of drug-likeness (QED) is 0.525. The van der Waals surface area contributed by atoms with E-state index in [-0.39, 0.29) is 42.9 Å². The van der Waals surface area contributed by atoms with E-state index in [0.29, 0.717) is 45.1 Å². The number of rotatable bonds is 5. The minimum Gasteiger partial charge on any atom is -0.483 e. The van der Waals surface area contributed by atoms with Crippen LogP contribution in [-0.2, 0) is 30.4 Å². The van der Waals surface area contributed by atoms with E-state index >= 15 is 0 Å². The Bertz CT molecular complexity index is 772. The number of aromatic nitrogens is 2. The molecule has 1 aromatic heterocycles. The molecule has 0 aromatic carbocycles. The fourth-order valence-corrected chi connectivity index (χ4v) is 4.19. The number of amides is 3. The molecule has 3 amide bonds. The number of carboxylic acid groups (broad SMARTS) is 1. The Morgan fingerprint density at radius 2 is 2.13 bits per heavy atom. The number of fused-ring (bicyclic) bond motifs is 1. The standard InChI is InChI=1S/C18H25N5O5.CH2O2/c24-16(11-22-5-7-28-18(22)26)23-6-8-27-14-2-1-12(9-13(14)23)17(25)21-10-15-19-3-4-20-15;2-1-3/h3-4,12-14H,1-2,5-11H2,(H,19,20)(H,21,25);1H,(H,2,3)/t12-,13+,14+;/m0./s1. The molecule has 2 aliphatic heterocycles. The molecule has 1 aromatic rings. The predicted octanol–water partition coefficient (Wildman–Crippen LogP) is -0.425. The Morgan fingerprint density at radius 1 is 1.32 bits per heavy atom. The van der Waals surface area contributed by atoms with Crippen molar-refractivity contribution in [1.82, 2.24) is 25.1 Å². The summed E-state index contributed by atoms with van der Waals surface area (Å²) in [7, 11) is 0. The van der Waals surface area contributed by atoms with E-state index in [1.807, 2.05) is 0 Å². The van der Waals surface area contributed by atoms with Crippen LogP contribution in [0.2, 0.25) is 0 Å². The lowest BCUT2D eigenvalue weighted by Gasteiger charge is -2.45. The Kier molecular flexibility index (Phi) is 7.82. The molecular weight excluding hydrogens is 410 g/mol. The zero-order valence-corrected chi connectivity index (χ0v) is 17.1. The van der Waals surface area contributed by atoms with Gasteiger partial charge in [-0.15, -0.1) is 0 Å². The molecule has 170 valence electrons. The molecule has 1 aliphatic carbocycles. The van der Waals surface area contributed by atoms with Gasteiger partial charge in [-0.1, -0.05) is 0 Å². The summed E-state index contributed by atoms with van der Waals surface area (Å²) in [6.45, 7) is 1.82. The SMILES string of the molecule is O=C(NCc1ncc[nH]1)[C@H]1CC[C@H]2OCCN(C(=O)CN3CCOC3=O)[C@@H]2C1.O=CO. The van der Waals surface area contributed by atoms with E-state index in [2.05, 4.69) is 15.3 Å². The van der Waals surface area contributed by atoms with Crippen molar-refractivity contribution in [1.29, 1.82) is 0 Å². The number of cyclic esters (lactones) is 1. The van der Waals surface area contributed by atoms with Gasteiger partial charge in [0, 0.05) is 24.9 Å². The van der Waals surface area contributed by atoms with Gasteiger partial charge in [-0.2, -0.15) is 0 Å². The number of nitrogens with zero attached hydrogens (tertiary/aromatic N) is 3. The zero-order chi connectivity index (χ0) is 22.2. The van der Waals surface area contributed by atoms with Crippen LogP contribution in [0.5, 0.6) is 0 Å². The molecule has 12 heteroatoms. The van der Waals surface area contributed by atoms with E-state index in [0.717, 1.165) is 12.8 Å². The largest absolute Gasteiger partial charge is 0.483 e. The lowest BCUT2D eigenvalue weighted by atomic mass is 9.81. The highest BCUT2D eigenvalue weighted by atomic mass is 16.6. The molecule has 3 heterocycles. The first-order chi connectivity index (χ1) is 15.0. The van der Waals surface area contributed by atoms with Crippen LogP contribution in [0, 0.1) is 5.92 Å². The highest BCUT2D eigenvalue weighted by molar-refractivity contribution is 5.83. The summed E-state index contributed by atoms with van der Waals surface area (Å²) in [4.78, 5) is 55.7. The van der Waals surface area contributed by atoms with Crippen LogP contribution in [0.3, 0.4) is 0 Å². The first kappa shape index (κ1) is 22.5. The van der Waals surface area contributed by atoms with E-state index in [4.69, 9.17) is 19.4 Å². The van der Waals surface area contributed by atoms with E-state index in [9.17, 15) is 14.4 Å². The van der Waals surface area contributed by atoms with Crippen molar-refractivity contribution in [3.63, 3.8) is 0 Å². The van der Waals surface area contributed by atoms with Crippen LogP contribution in [-0.4, -0.2) is 94.2 Å². The Hall–Kier alpha value is -3.15. The van der Waals surface area contributed by atoms with Gasteiger partial charge in [-0.3, -0.25) is 19.3 Å². The lowest BCUT2D eigenvalue weighted by Crippen LogP contribution is -2.58. The highest BCUT2D eigenvalue weighted by Crippen LogP contribution is 2.32. The molecular formula is C19H27N5O7. The number of carbonyl (C=O) groups excluding carboxylic acids is 3. The minimum absolute atomic E-state index is 0.0113. The van der Waals surface area contributed by atoms with Crippen molar-refractivity contribution in [3.8, 4) is 0 Å². The van der Waals surface area contributed by atoms with Crippen molar-refractivity contribution in [2.24, 2.45) is 5.92 Å². The maximum Gasteiger partial charge on any atom is 0.410 e. The molecule has 4 rings (SSSR count). The van der Waals surface area contributed by atoms with Gasteiger partial charge in [0.1, 0.15) is 19.0 Å². The molecule has 0 bridgehead atoms. The molecule has 12 nitrogen and oxygen atoms in total. The van der Waals surface area contributed by atoms with Crippen molar-refractivity contribution >= 4 is 24.4 Å². The van der Waals surface area contributed by atoms with Gasteiger partial charge in [0.2, 0.25) is 11.8 Å².